The van der Waals surface area contributed by atoms with E-state index < -0.39 is 18.4 Å². The number of hydrogen-bond acceptors (Lipinski definition) is 3. The van der Waals surface area contributed by atoms with E-state index >= 15 is 0 Å². The SMILES string of the molecule is O=C1NC(=O)NC(O)N1. The molecule has 1 aliphatic heterocycles. The first-order valence-corrected chi connectivity index (χ1v) is 2.24. The van der Waals surface area contributed by atoms with Gasteiger partial charge in [0.15, 0.2) is 0 Å². The van der Waals surface area contributed by atoms with Crippen LogP contribution in [0.5, 0.6) is 0 Å². The van der Waals surface area contributed by atoms with Crippen molar-refractivity contribution in [1.29, 1.82) is 0 Å². The van der Waals surface area contributed by atoms with Gasteiger partial charge in [-0.1, -0.05) is 0 Å². The van der Waals surface area contributed by atoms with E-state index in [2.05, 4.69) is 0 Å². The Morgan fingerprint density at radius 2 is 1.67 bits per heavy atom. The normalized spacial score (nSPS) is 20.1. The quantitative estimate of drug-likeness (QED) is 0.315. The first-order chi connectivity index (χ1) is 4.18. The minimum atomic E-state index is -1.27. The van der Waals surface area contributed by atoms with Gasteiger partial charge < -0.3 is 5.11 Å². The van der Waals surface area contributed by atoms with Gasteiger partial charge in [0, 0.05) is 0 Å². The van der Waals surface area contributed by atoms with Crippen molar-refractivity contribution < 1.29 is 14.7 Å². The Balaban J connectivity index is 2.53. The number of nitrogens with one attached hydrogen (secondary N) is 3. The molecule has 0 aromatic rings. The second kappa shape index (κ2) is 1.90. The summed E-state index contributed by atoms with van der Waals surface area (Å²) in [4.78, 5) is 20.5. The monoisotopic (exact) mass is 131 g/mol. The highest BCUT2D eigenvalue weighted by Gasteiger charge is 2.18. The molecule has 1 fully saturated rings. The Bertz CT molecular complexity index is 140. The number of urea groups is 2. The highest BCUT2D eigenvalue weighted by atomic mass is 16.3. The standard InChI is InChI=1S/C3H5N3O3/c7-1-4-2(8)6-3(9)5-1/h1,7H,(H3,4,5,6,8,9). The third kappa shape index (κ3) is 1.29. The van der Waals surface area contributed by atoms with E-state index in [1.54, 1.807) is 0 Å². The zero-order valence-electron chi connectivity index (χ0n) is 4.34. The van der Waals surface area contributed by atoms with Gasteiger partial charge in [-0.25, -0.2) is 9.59 Å². The van der Waals surface area contributed by atoms with E-state index in [9.17, 15) is 9.59 Å². The molecule has 0 aromatic carbocycles. The summed E-state index contributed by atoms with van der Waals surface area (Å²) in [7, 11) is 0. The number of hydrogen-bond donors (Lipinski definition) is 4. The van der Waals surface area contributed by atoms with Gasteiger partial charge in [-0.15, -0.1) is 0 Å². The fourth-order valence-corrected chi connectivity index (χ4v) is 0.460. The molecule has 6 heteroatoms. The summed E-state index contributed by atoms with van der Waals surface area (Å²) in [5, 5.41) is 14.4. The molecule has 1 saturated heterocycles. The van der Waals surface area contributed by atoms with E-state index in [-0.39, 0.29) is 0 Å². The van der Waals surface area contributed by atoms with Gasteiger partial charge in [0.2, 0.25) is 6.35 Å². The maximum atomic E-state index is 10.2. The largest absolute Gasteiger partial charge is 0.356 e. The first-order valence-electron chi connectivity index (χ1n) is 2.24. The van der Waals surface area contributed by atoms with Crippen LogP contribution in [-0.2, 0) is 0 Å². The lowest BCUT2D eigenvalue weighted by Gasteiger charge is -2.19. The summed E-state index contributed by atoms with van der Waals surface area (Å²) in [6.07, 6.45) is -1.27. The van der Waals surface area contributed by atoms with Gasteiger partial charge in [-0.2, -0.15) is 0 Å². The van der Waals surface area contributed by atoms with Crippen molar-refractivity contribution in [2.24, 2.45) is 0 Å². The van der Waals surface area contributed by atoms with Crippen LogP contribution in [-0.4, -0.2) is 23.5 Å². The zero-order valence-corrected chi connectivity index (χ0v) is 4.34. The van der Waals surface area contributed by atoms with Crippen LogP contribution in [0, 0.1) is 0 Å². The van der Waals surface area contributed by atoms with Gasteiger partial charge in [0.25, 0.3) is 0 Å². The van der Waals surface area contributed by atoms with Crippen molar-refractivity contribution in [1.82, 2.24) is 16.0 Å². The van der Waals surface area contributed by atoms with Gasteiger partial charge in [-0.05, 0) is 0 Å². The summed E-state index contributed by atoms with van der Waals surface area (Å²) < 4.78 is 0. The van der Waals surface area contributed by atoms with Crippen LogP contribution in [0.15, 0.2) is 0 Å². The third-order valence-electron chi connectivity index (χ3n) is 0.763. The van der Waals surface area contributed by atoms with Crippen molar-refractivity contribution in [2.75, 3.05) is 0 Å². The topological polar surface area (TPSA) is 90.5 Å². The molecule has 0 radical (unpaired) electrons. The van der Waals surface area contributed by atoms with Gasteiger partial charge in [0.05, 0.1) is 0 Å². The average Bonchev–Trinajstić information content (AvgIpc) is 1.59. The zero-order chi connectivity index (χ0) is 6.85. The number of imide groups is 1. The summed E-state index contributed by atoms with van der Waals surface area (Å²) in [5.74, 6) is 0. The molecular formula is C3H5N3O3. The Labute approximate surface area is 50.2 Å². The van der Waals surface area contributed by atoms with Crippen molar-refractivity contribution in [3.8, 4) is 0 Å². The van der Waals surface area contributed by atoms with Crippen LogP contribution in [0.3, 0.4) is 0 Å². The molecule has 1 aliphatic rings. The highest BCUT2D eigenvalue weighted by molar-refractivity contribution is 5.95. The van der Waals surface area contributed by atoms with Crippen LogP contribution >= 0.6 is 0 Å². The van der Waals surface area contributed by atoms with Crippen molar-refractivity contribution in [2.45, 2.75) is 6.35 Å². The van der Waals surface area contributed by atoms with Crippen molar-refractivity contribution in [3.05, 3.63) is 0 Å². The molecule has 50 valence electrons. The smallest absolute Gasteiger partial charge is 0.326 e. The van der Waals surface area contributed by atoms with E-state index in [1.807, 2.05) is 16.0 Å². The molecular weight excluding hydrogens is 126 g/mol. The number of amides is 4. The molecule has 0 unspecified atom stereocenters. The summed E-state index contributed by atoms with van der Waals surface area (Å²) >= 11 is 0. The molecule has 0 atom stereocenters. The second-order valence-electron chi connectivity index (χ2n) is 1.47. The minimum absolute atomic E-state index is 0.703. The predicted octanol–water partition coefficient (Wildman–Crippen LogP) is -1.72. The molecule has 0 spiro atoms. The molecule has 0 bridgehead atoms. The molecule has 0 aromatic heterocycles. The molecule has 0 saturated carbocycles. The summed E-state index contributed by atoms with van der Waals surface area (Å²) in [6, 6.07) is -1.41. The van der Waals surface area contributed by atoms with Gasteiger partial charge in [0.1, 0.15) is 0 Å². The Morgan fingerprint density at radius 3 is 2.00 bits per heavy atom. The predicted molar refractivity (Wildman–Crippen MR) is 26.2 cm³/mol. The van der Waals surface area contributed by atoms with Gasteiger partial charge in [-0.3, -0.25) is 16.0 Å². The fourth-order valence-electron chi connectivity index (χ4n) is 0.460. The maximum Gasteiger partial charge on any atom is 0.326 e. The highest BCUT2D eigenvalue weighted by Crippen LogP contribution is 1.78. The molecule has 1 heterocycles. The van der Waals surface area contributed by atoms with Crippen molar-refractivity contribution in [3.63, 3.8) is 0 Å². The lowest BCUT2D eigenvalue weighted by molar-refractivity contribution is 0.105. The Kier molecular flexibility index (Phi) is 1.23. The number of rotatable bonds is 0. The number of aliphatic hydroxyl groups is 1. The molecule has 6 nitrogen and oxygen atoms in total. The van der Waals surface area contributed by atoms with Crippen LogP contribution in [0.2, 0.25) is 0 Å². The van der Waals surface area contributed by atoms with Crippen molar-refractivity contribution >= 4 is 12.1 Å². The molecule has 9 heavy (non-hydrogen) atoms. The third-order valence-corrected chi connectivity index (χ3v) is 0.763. The van der Waals surface area contributed by atoms with Crippen LogP contribution in [0.25, 0.3) is 0 Å². The first kappa shape index (κ1) is 5.83. The molecule has 1 rings (SSSR count). The van der Waals surface area contributed by atoms with E-state index in [1.165, 1.54) is 0 Å². The van der Waals surface area contributed by atoms with E-state index in [0.717, 1.165) is 0 Å². The lowest BCUT2D eigenvalue weighted by atomic mass is 10.7. The number of carbonyl (C=O) groups excluding carboxylic acids is 2. The summed E-state index contributed by atoms with van der Waals surface area (Å²) in [6.45, 7) is 0. The fraction of sp³-hybridized carbons (Fsp3) is 0.333. The maximum absolute atomic E-state index is 10.2. The van der Waals surface area contributed by atoms with Crippen LogP contribution in [0.4, 0.5) is 9.59 Å². The summed E-state index contributed by atoms with van der Waals surface area (Å²) in [5.41, 5.74) is 0. The Morgan fingerprint density at radius 1 is 1.22 bits per heavy atom. The van der Waals surface area contributed by atoms with Gasteiger partial charge >= 0.3 is 12.1 Å². The van der Waals surface area contributed by atoms with Crippen LogP contribution in [0.1, 0.15) is 0 Å². The second-order valence-corrected chi connectivity index (χ2v) is 1.47. The van der Waals surface area contributed by atoms with Crippen LogP contribution < -0.4 is 16.0 Å². The number of carbonyl (C=O) groups is 2. The average molecular weight is 131 g/mol. The molecule has 0 aliphatic carbocycles. The lowest BCUT2D eigenvalue weighted by Crippen LogP contribution is -2.61. The molecule has 4 N–H and O–H groups in total. The Hall–Kier alpha value is -1.30. The molecule has 4 amide bonds. The minimum Gasteiger partial charge on any atom is -0.356 e. The van der Waals surface area contributed by atoms with E-state index in [4.69, 9.17) is 5.11 Å². The van der Waals surface area contributed by atoms with E-state index in [0.29, 0.717) is 0 Å². The number of aliphatic hydroxyl groups excluding tert-OH is 1.